The van der Waals surface area contributed by atoms with Crippen LogP contribution in [0.15, 0.2) is 22.6 Å². The van der Waals surface area contributed by atoms with Gasteiger partial charge >= 0.3 is 0 Å². The first kappa shape index (κ1) is 13.1. The number of hydrogen-bond acceptors (Lipinski definition) is 4. The Labute approximate surface area is 111 Å². The first-order valence-electron chi connectivity index (χ1n) is 5.87. The summed E-state index contributed by atoms with van der Waals surface area (Å²) in [6, 6.07) is 5.50. The van der Waals surface area contributed by atoms with E-state index in [-0.39, 0.29) is 6.04 Å². The molecule has 0 radical (unpaired) electrons. The fraction of sp³-hybridized carbons (Fsp3) is 0.417. The maximum absolute atomic E-state index is 5.77. The summed E-state index contributed by atoms with van der Waals surface area (Å²) >= 11 is 5.77. The molecule has 0 aliphatic carbocycles. The minimum absolute atomic E-state index is 0.113. The summed E-state index contributed by atoms with van der Waals surface area (Å²) in [5, 5.41) is 4.77. The van der Waals surface area contributed by atoms with E-state index in [1.165, 1.54) is 0 Å². The molecule has 0 aliphatic heterocycles. The Morgan fingerprint density at radius 1 is 1.56 bits per heavy atom. The van der Waals surface area contributed by atoms with Gasteiger partial charge in [0.05, 0.1) is 11.7 Å². The summed E-state index contributed by atoms with van der Waals surface area (Å²) in [6.45, 7) is 2.08. The van der Waals surface area contributed by atoms with Crippen LogP contribution in [0.1, 0.15) is 30.1 Å². The molecule has 0 bridgehead atoms. The third-order valence-corrected chi connectivity index (χ3v) is 3.14. The smallest absolute Gasteiger partial charge is 0.193 e. The van der Waals surface area contributed by atoms with Crippen LogP contribution in [-0.4, -0.2) is 9.78 Å². The summed E-state index contributed by atoms with van der Waals surface area (Å²) in [7, 11) is 1.93. The number of nitrogens with zero attached hydrogens (tertiary/aromatic N) is 2. The fourth-order valence-corrected chi connectivity index (χ4v) is 2.05. The van der Waals surface area contributed by atoms with E-state index in [0.29, 0.717) is 11.6 Å². The van der Waals surface area contributed by atoms with Gasteiger partial charge in [-0.1, -0.05) is 6.92 Å². The van der Waals surface area contributed by atoms with Crippen LogP contribution in [0, 0.1) is 0 Å². The van der Waals surface area contributed by atoms with Crippen molar-refractivity contribution >= 4 is 11.6 Å². The molecule has 2 aromatic rings. The highest BCUT2D eigenvalue weighted by molar-refractivity contribution is 6.28. The molecule has 3 N–H and O–H groups in total. The van der Waals surface area contributed by atoms with Crippen LogP contribution in [0.25, 0.3) is 0 Å². The summed E-state index contributed by atoms with van der Waals surface area (Å²) in [4.78, 5) is 0. The Bertz CT molecular complexity index is 520. The summed E-state index contributed by atoms with van der Waals surface area (Å²) in [5.41, 5.74) is 4.91. The lowest BCUT2D eigenvalue weighted by molar-refractivity contribution is 0.411. The standard InChI is InChI=1S/C12H17ClN4O/c1-3-8-6-9(17(2)16-8)7-10(15-14)11-4-5-12(13)18-11/h4-6,10,15H,3,7,14H2,1-2H3. The van der Waals surface area contributed by atoms with Gasteiger partial charge in [-0.15, -0.1) is 0 Å². The van der Waals surface area contributed by atoms with Crippen molar-refractivity contribution in [1.82, 2.24) is 15.2 Å². The number of hydrogen-bond donors (Lipinski definition) is 2. The number of rotatable bonds is 5. The molecule has 0 aliphatic rings. The van der Waals surface area contributed by atoms with Crippen molar-refractivity contribution < 1.29 is 4.42 Å². The summed E-state index contributed by atoms with van der Waals surface area (Å²) in [5.74, 6) is 6.29. The van der Waals surface area contributed by atoms with E-state index >= 15 is 0 Å². The molecule has 2 rings (SSSR count). The number of halogens is 1. The van der Waals surface area contributed by atoms with Crippen LogP contribution in [0.2, 0.25) is 5.22 Å². The molecule has 98 valence electrons. The van der Waals surface area contributed by atoms with Crippen LogP contribution in [0.5, 0.6) is 0 Å². The molecular weight excluding hydrogens is 252 g/mol. The topological polar surface area (TPSA) is 69.0 Å². The van der Waals surface area contributed by atoms with Gasteiger partial charge in [-0.05, 0) is 36.2 Å². The predicted molar refractivity (Wildman–Crippen MR) is 70.1 cm³/mol. The molecule has 5 nitrogen and oxygen atoms in total. The van der Waals surface area contributed by atoms with Gasteiger partial charge in [0.2, 0.25) is 0 Å². The number of hydrazine groups is 1. The molecule has 0 spiro atoms. The Hall–Kier alpha value is -1.30. The molecule has 0 aromatic carbocycles. The zero-order chi connectivity index (χ0) is 13.1. The second-order valence-corrected chi connectivity index (χ2v) is 4.54. The number of aryl methyl sites for hydroxylation is 2. The second kappa shape index (κ2) is 5.56. The highest BCUT2D eigenvalue weighted by Crippen LogP contribution is 2.22. The van der Waals surface area contributed by atoms with Crippen LogP contribution < -0.4 is 11.3 Å². The van der Waals surface area contributed by atoms with Gasteiger partial charge in [0, 0.05) is 19.2 Å². The van der Waals surface area contributed by atoms with Crippen LogP contribution >= 0.6 is 11.6 Å². The van der Waals surface area contributed by atoms with Gasteiger partial charge in [-0.2, -0.15) is 5.10 Å². The van der Waals surface area contributed by atoms with Gasteiger partial charge in [0.1, 0.15) is 5.76 Å². The van der Waals surface area contributed by atoms with Gasteiger partial charge in [-0.3, -0.25) is 10.5 Å². The SMILES string of the molecule is CCc1cc(CC(NN)c2ccc(Cl)o2)n(C)n1. The molecule has 1 atom stereocenters. The van der Waals surface area contributed by atoms with Crippen LogP contribution in [-0.2, 0) is 19.9 Å². The highest BCUT2D eigenvalue weighted by Gasteiger charge is 2.17. The van der Waals surface area contributed by atoms with E-state index in [9.17, 15) is 0 Å². The van der Waals surface area contributed by atoms with E-state index < -0.39 is 0 Å². The molecule has 0 fully saturated rings. The van der Waals surface area contributed by atoms with Crippen molar-refractivity contribution in [1.29, 1.82) is 0 Å². The van der Waals surface area contributed by atoms with E-state index in [1.807, 2.05) is 17.8 Å². The maximum Gasteiger partial charge on any atom is 0.193 e. The number of aromatic nitrogens is 2. The first-order valence-corrected chi connectivity index (χ1v) is 6.25. The summed E-state index contributed by atoms with van der Waals surface area (Å²) < 4.78 is 7.24. The quantitative estimate of drug-likeness (QED) is 0.643. The molecule has 6 heteroatoms. The molecule has 2 aromatic heterocycles. The Morgan fingerprint density at radius 3 is 2.83 bits per heavy atom. The molecule has 18 heavy (non-hydrogen) atoms. The Morgan fingerprint density at radius 2 is 2.33 bits per heavy atom. The molecule has 0 amide bonds. The number of nitrogens with one attached hydrogen (secondary N) is 1. The molecule has 2 heterocycles. The molecular formula is C12H17ClN4O. The first-order chi connectivity index (χ1) is 8.63. The molecule has 1 unspecified atom stereocenters. The summed E-state index contributed by atoms with van der Waals surface area (Å²) in [6.07, 6.45) is 1.62. The zero-order valence-electron chi connectivity index (χ0n) is 10.5. The lowest BCUT2D eigenvalue weighted by atomic mass is 10.1. The van der Waals surface area contributed by atoms with Gasteiger partial charge in [-0.25, -0.2) is 5.43 Å². The van der Waals surface area contributed by atoms with Crippen molar-refractivity contribution in [3.63, 3.8) is 0 Å². The highest BCUT2D eigenvalue weighted by atomic mass is 35.5. The number of furan rings is 1. The van der Waals surface area contributed by atoms with Gasteiger partial charge in [0.25, 0.3) is 0 Å². The average Bonchev–Trinajstić information content (AvgIpc) is 2.93. The van der Waals surface area contributed by atoms with Crippen LogP contribution in [0.4, 0.5) is 0 Å². The Kier molecular flexibility index (Phi) is 4.06. The normalized spacial score (nSPS) is 12.9. The van der Waals surface area contributed by atoms with Crippen molar-refractivity contribution in [3.8, 4) is 0 Å². The van der Waals surface area contributed by atoms with Crippen molar-refractivity contribution in [2.75, 3.05) is 0 Å². The lowest BCUT2D eigenvalue weighted by Crippen LogP contribution is -2.29. The number of nitrogens with two attached hydrogens (primary N) is 1. The minimum Gasteiger partial charge on any atom is -0.448 e. The van der Waals surface area contributed by atoms with E-state index in [1.54, 1.807) is 6.07 Å². The van der Waals surface area contributed by atoms with Gasteiger partial charge in [0.15, 0.2) is 5.22 Å². The third-order valence-electron chi connectivity index (χ3n) is 2.94. The minimum atomic E-state index is -0.113. The van der Waals surface area contributed by atoms with Crippen molar-refractivity contribution in [3.05, 3.63) is 40.6 Å². The predicted octanol–water partition coefficient (Wildman–Crippen LogP) is 1.98. The maximum atomic E-state index is 5.77. The Balaban J connectivity index is 2.17. The van der Waals surface area contributed by atoms with E-state index in [2.05, 4.69) is 23.5 Å². The fourth-order valence-electron chi connectivity index (χ4n) is 1.90. The molecule has 0 saturated heterocycles. The molecule has 0 saturated carbocycles. The van der Waals surface area contributed by atoms with Crippen LogP contribution in [0.3, 0.4) is 0 Å². The average molecular weight is 269 g/mol. The monoisotopic (exact) mass is 268 g/mol. The zero-order valence-corrected chi connectivity index (χ0v) is 11.2. The largest absolute Gasteiger partial charge is 0.448 e. The van der Waals surface area contributed by atoms with E-state index in [0.717, 1.165) is 23.6 Å². The lowest BCUT2D eigenvalue weighted by Gasteiger charge is -2.13. The van der Waals surface area contributed by atoms with Crippen molar-refractivity contribution in [2.45, 2.75) is 25.8 Å². The van der Waals surface area contributed by atoms with E-state index in [4.69, 9.17) is 21.9 Å². The second-order valence-electron chi connectivity index (χ2n) is 4.17. The third kappa shape index (κ3) is 2.75. The van der Waals surface area contributed by atoms with Gasteiger partial charge < -0.3 is 4.42 Å². The van der Waals surface area contributed by atoms with Crippen molar-refractivity contribution in [2.24, 2.45) is 12.9 Å².